The minimum atomic E-state index is 0.114. The van der Waals surface area contributed by atoms with Crippen molar-refractivity contribution in [2.45, 2.75) is 52.1 Å². The fraction of sp³-hybridized carbons (Fsp3) is 0.650. The topological polar surface area (TPSA) is 54.3 Å². The molecular weight excluding hydrogens is 358 g/mol. The number of carbonyl (C=O) groups is 1. The standard InChI is InChI=1S/C20H29N5OS/c1-20(2,3)19-22-16(13-27-19)12-23-6-8-24(9-7-23)18(26)15-4-5-25-14-21-11-17(25)10-15/h11,13-15H,4-10,12H2,1-3H3/t15-/m1/s1. The fourth-order valence-electron chi connectivity index (χ4n) is 3.92. The van der Waals surface area contributed by atoms with Crippen molar-refractivity contribution in [2.24, 2.45) is 5.92 Å². The second-order valence-corrected chi connectivity index (χ2v) is 9.62. The maximum atomic E-state index is 12.9. The van der Waals surface area contributed by atoms with Crippen LogP contribution in [0.5, 0.6) is 0 Å². The molecule has 7 heteroatoms. The highest BCUT2D eigenvalue weighted by Gasteiger charge is 2.30. The van der Waals surface area contributed by atoms with Gasteiger partial charge in [0.25, 0.3) is 0 Å². The SMILES string of the molecule is CC(C)(C)c1nc(CN2CCN(C(=O)[C@@H]3CCn4cncc4C3)CC2)cs1. The second kappa shape index (κ2) is 7.36. The Kier molecular flexibility index (Phi) is 5.07. The highest BCUT2D eigenvalue weighted by molar-refractivity contribution is 7.09. The minimum Gasteiger partial charge on any atom is -0.340 e. The average molecular weight is 388 g/mol. The Bertz CT molecular complexity index is 797. The van der Waals surface area contributed by atoms with Crippen molar-refractivity contribution in [3.63, 3.8) is 0 Å². The molecule has 146 valence electrons. The molecule has 2 aliphatic rings. The molecule has 1 fully saturated rings. The van der Waals surface area contributed by atoms with Gasteiger partial charge < -0.3 is 9.47 Å². The van der Waals surface area contributed by atoms with Crippen LogP contribution in [0.25, 0.3) is 0 Å². The summed E-state index contributed by atoms with van der Waals surface area (Å²) in [5.74, 6) is 0.444. The van der Waals surface area contributed by atoms with E-state index in [1.807, 2.05) is 12.5 Å². The lowest BCUT2D eigenvalue weighted by Crippen LogP contribution is -2.50. The van der Waals surface area contributed by atoms with Crippen LogP contribution in [-0.2, 0) is 29.7 Å². The summed E-state index contributed by atoms with van der Waals surface area (Å²) in [6.07, 6.45) is 5.53. The van der Waals surface area contributed by atoms with Crippen molar-refractivity contribution < 1.29 is 4.79 Å². The van der Waals surface area contributed by atoms with Crippen molar-refractivity contribution in [3.8, 4) is 0 Å². The van der Waals surface area contributed by atoms with Gasteiger partial charge in [0, 0.05) is 74.3 Å². The smallest absolute Gasteiger partial charge is 0.226 e. The largest absolute Gasteiger partial charge is 0.340 e. The Morgan fingerprint density at radius 1 is 1.22 bits per heavy atom. The Balaban J connectivity index is 1.29. The molecule has 27 heavy (non-hydrogen) atoms. The molecule has 2 aromatic heterocycles. The Labute approximate surface area is 165 Å². The van der Waals surface area contributed by atoms with Crippen molar-refractivity contribution in [2.75, 3.05) is 26.2 Å². The number of piperazine rings is 1. The van der Waals surface area contributed by atoms with Gasteiger partial charge in [0.1, 0.15) is 0 Å². The molecule has 1 amide bonds. The highest BCUT2D eigenvalue weighted by Crippen LogP contribution is 2.26. The van der Waals surface area contributed by atoms with Gasteiger partial charge in [-0.05, 0) is 6.42 Å². The number of aryl methyl sites for hydroxylation is 1. The maximum Gasteiger partial charge on any atom is 0.226 e. The molecule has 0 aliphatic carbocycles. The molecular formula is C20H29N5OS. The van der Waals surface area contributed by atoms with Crippen LogP contribution in [0.3, 0.4) is 0 Å². The van der Waals surface area contributed by atoms with Crippen molar-refractivity contribution in [3.05, 3.63) is 34.3 Å². The van der Waals surface area contributed by atoms with Gasteiger partial charge in [0.2, 0.25) is 5.91 Å². The van der Waals surface area contributed by atoms with E-state index in [0.29, 0.717) is 5.91 Å². The van der Waals surface area contributed by atoms with Crippen molar-refractivity contribution in [1.82, 2.24) is 24.3 Å². The molecule has 0 aromatic carbocycles. The number of thiazole rings is 1. The number of carbonyl (C=O) groups excluding carboxylic acids is 1. The number of fused-ring (bicyclic) bond motifs is 1. The summed E-state index contributed by atoms with van der Waals surface area (Å²) in [5, 5.41) is 3.38. The first kappa shape index (κ1) is 18.6. The zero-order valence-corrected chi connectivity index (χ0v) is 17.3. The van der Waals surface area contributed by atoms with Gasteiger partial charge in [-0.25, -0.2) is 9.97 Å². The van der Waals surface area contributed by atoms with E-state index in [9.17, 15) is 4.79 Å². The van der Waals surface area contributed by atoms with E-state index < -0.39 is 0 Å². The predicted molar refractivity (Wildman–Crippen MR) is 107 cm³/mol. The van der Waals surface area contributed by atoms with Crippen LogP contribution < -0.4 is 0 Å². The minimum absolute atomic E-state index is 0.114. The van der Waals surface area contributed by atoms with E-state index in [0.717, 1.165) is 57.8 Å². The fourth-order valence-corrected chi connectivity index (χ4v) is 4.82. The van der Waals surface area contributed by atoms with Gasteiger partial charge in [-0.1, -0.05) is 20.8 Å². The van der Waals surface area contributed by atoms with Crippen LogP contribution in [0.2, 0.25) is 0 Å². The quantitative estimate of drug-likeness (QED) is 0.812. The van der Waals surface area contributed by atoms with Gasteiger partial charge in [-0.2, -0.15) is 0 Å². The zero-order chi connectivity index (χ0) is 19.0. The molecule has 0 saturated carbocycles. The van der Waals surface area contributed by atoms with Crippen molar-refractivity contribution >= 4 is 17.2 Å². The molecule has 1 saturated heterocycles. The number of imidazole rings is 1. The summed E-state index contributed by atoms with van der Waals surface area (Å²) >= 11 is 1.76. The number of hydrogen-bond donors (Lipinski definition) is 0. The van der Waals surface area contributed by atoms with Crippen LogP contribution in [0.15, 0.2) is 17.9 Å². The van der Waals surface area contributed by atoms with E-state index in [2.05, 4.69) is 45.5 Å². The van der Waals surface area contributed by atoms with Gasteiger partial charge in [0.05, 0.1) is 17.0 Å². The lowest BCUT2D eigenvalue weighted by atomic mass is 9.94. The van der Waals surface area contributed by atoms with E-state index in [-0.39, 0.29) is 11.3 Å². The van der Waals surface area contributed by atoms with Crippen LogP contribution in [0, 0.1) is 5.92 Å². The average Bonchev–Trinajstić information content (AvgIpc) is 3.30. The molecule has 0 unspecified atom stereocenters. The number of nitrogens with zero attached hydrogens (tertiary/aromatic N) is 5. The third-order valence-corrected chi connectivity index (χ3v) is 6.90. The van der Waals surface area contributed by atoms with Crippen LogP contribution in [0.1, 0.15) is 43.6 Å². The lowest BCUT2D eigenvalue weighted by molar-refractivity contribution is -0.138. The summed E-state index contributed by atoms with van der Waals surface area (Å²) in [6, 6.07) is 0. The van der Waals surface area contributed by atoms with E-state index in [1.165, 1.54) is 10.7 Å². The first-order chi connectivity index (χ1) is 12.9. The summed E-state index contributed by atoms with van der Waals surface area (Å²) in [5.41, 5.74) is 2.46. The summed E-state index contributed by atoms with van der Waals surface area (Å²) in [4.78, 5) is 26.4. The first-order valence-corrected chi connectivity index (χ1v) is 10.7. The van der Waals surface area contributed by atoms with Gasteiger partial charge >= 0.3 is 0 Å². The summed E-state index contributed by atoms with van der Waals surface area (Å²) in [7, 11) is 0. The third kappa shape index (κ3) is 4.09. The summed E-state index contributed by atoms with van der Waals surface area (Å²) in [6.45, 7) is 11.9. The zero-order valence-electron chi connectivity index (χ0n) is 16.5. The molecule has 2 aliphatic heterocycles. The number of rotatable bonds is 3. The maximum absolute atomic E-state index is 12.9. The molecule has 4 heterocycles. The van der Waals surface area contributed by atoms with Gasteiger partial charge in [-0.3, -0.25) is 9.69 Å². The molecule has 0 spiro atoms. The number of hydrogen-bond acceptors (Lipinski definition) is 5. The Hall–Kier alpha value is -1.73. The molecule has 0 N–H and O–H groups in total. The summed E-state index contributed by atoms with van der Waals surface area (Å²) < 4.78 is 2.17. The van der Waals surface area contributed by atoms with Crippen LogP contribution in [0.4, 0.5) is 0 Å². The third-order valence-electron chi connectivity index (χ3n) is 5.58. The van der Waals surface area contributed by atoms with Crippen LogP contribution >= 0.6 is 11.3 Å². The predicted octanol–water partition coefficient (Wildman–Crippen LogP) is 2.54. The number of amides is 1. The van der Waals surface area contributed by atoms with E-state index in [1.54, 1.807) is 11.3 Å². The molecule has 2 aromatic rings. The first-order valence-electron chi connectivity index (χ1n) is 9.85. The highest BCUT2D eigenvalue weighted by atomic mass is 32.1. The Morgan fingerprint density at radius 3 is 2.70 bits per heavy atom. The molecule has 6 nitrogen and oxygen atoms in total. The van der Waals surface area contributed by atoms with E-state index in [4.69, 9.17) is 4.98 Å². The van der Waals surface area contributed by atoms with Gasteiger partial charge in [0.15, 0.2) is 0 Å². The number of aromatic nitrogens is 3. The molecule has 1 atom stereocenters. The van der Waals surface area contributed by atoms with Crippen molar-refractivity contribution in [1.29, 1.82) is 0 Å². The van der Waals surface area contributed by atoms with Gasteiger partial charge in [-0.15, -0.1) is 11.3 Å². The normalized spacial score (nSPS) is 21.3. The second-order valence-electron chi connectivity index (χ2n) is 8.76. The molecule has 4 rings (SSSR count). The van der Waals surface area contributed by atoms with Crippen LogP contribution in [-0.4, -0.2) is 56.4 Å². The monoisotopic (exact) mass is 387 g/mol. The van der Waals surface area contributed by atoms with E-state index >= 15 is 0 Å². The molecule has 0 radical (unpaired) electrons. The Morgan fingerprint density at radius 2 is 2.00 bits per heavy atom. The lowest BCUT2D eigenvalue weighted by Gasteiger charge is -2.37. The molecule has 0 bridgehead atoms.